The lowest BCUT2D eigenvalue weighted by Gasteiger charge is -2.31. The van der Waals surface area contributed by atoms with Crippen LogP contribution in [-0.4, -0.2) is 25.9 Å². The number of carbonyl (C=O) groups excluding carboxylic acids is 1. The number of amides is 1. The van der Waals surface area contributed by atoms with Crippen LogP contribution in [0.25, 0.3) is 10.9 Å². The molecule has 1 amide bonds. The first-order chi connectivity index (χ1) is 15.3. The summed E-state index contributed by atoms with van der Waals surface area (Å²) in [6, 6.07) is 6.16. The third-order valence-electron chi connectivity index (χ3n) is 5.77. The van der Waals surface area contributed by atoms with Gasteiger partial charge in [-0.15, -0.1) is 10.2 Å². The molecule has 8 heteroatoms. The zero-order valence-corrected chi connectivity index (χ0v) is 19.4. The molecule has 1 aliphatic carbocycles. The van der Waals surface area contributed by atoms with E-state index in [0.29, 0.717) is 11.6 Å². The molecule has 2 aromatic heterocycles. The fraction of sp³-hybridized carbons (Fsp3) is 0.333. The summed E-state index contributed by atoms with van der Waals surface area (Å²) < 4.78 is 15.3. The molecule has 3 aromatic rings. The summed E-state index contributed by atoms with van der Waals surface area (Å²) in [5.74, 6) is -0.480. The highest BCUT2D eigenvalue weighted by Gasteiger charge is 2.37. The molecular weight excluding hydrogens is 425 g/mol. The fourth-order valence-electron chi connectivity index (χ4n) is 3.98. The Hall–Kier alpha value is -3.13. The maximum absolute atomic E-state index is 13.4. The van der Waals surface area contributed by atoms with Gasteiger partial charge in [0.2, 0.25) is 11.0 Å². The number of halogens is 1. The normalized spacial score (nSPS) is 17.2. The number of anilines is 1. The van der Waals surface area contributed by atoms with Crippen LogP contribution in [0.3, 0.4) is 0 Å². The SMILES string of the molecule is CC(C)=CC(c1ccc2c(cnn2C2C=CC(F)=CC2)c1)C(C)(C)C(=O)Nc1nncs1. The quantitative estimate of drug-likeness (QED) is 0.470. The highest BCUT2D eigenvalue weighted by Crippen LogP contribution is 2.40. The van der Waals surface area contributed by atoms with Crippen LogP contribution in [0.1, 0.15) is 51.6 Å². The maximum atomic E-state index is 13.4. The van der Waals surface area contributed by atoms with Gasteiger partial charge in [-0.1, -0.05) is 49.0 Å². The van der Waals surface area contributed by atoms with Crippen molar-refractivity contribution in [1.82, 2.24) is 20.0 Å². The van der Waals surface area contributed by atoms with Gasteiger partial charge in [0.05, 0.1) is 23.2 Å². The van der Waals surface area contributed by atoms with Crippen molar-refractivity contribution in [3.05, 3.63) is 71.2 Å². The van der Waals surface area contributed by atoms with Crippen LogP contribution in [0.15, 0.2) is 65.6 Å². The smallest absolute Gasteiger partial charge is 0.232 e. The summed E-state index contributed by atoms with van der Waals surface area (Å²) in [7, 11) is 0. The van der Waals surface area contributed by atoms with Gasteiger partial charge in [-0.3, -0.25) is 9.48 Å². The second-order valence-corrected chi connectivity index (χ2v) is 9.63. The number of nitrogens with zero attached hydrogens (tertiary/aromatic N) is 4. The van der Waals surface area contributed by atoms with Gasteiger partial charge in [0.25, 0.3) is 0 Å². The van der Waals surface area contributed by atoms with Gasteiger partial charge >= 0.3 is 0 Å². The highest BCUT2D eigenvalue weighted by atomic mass is 32.1. The molecule has 0 saturated carbocycles. The number of allylic oxidation sites excluding steroid dienone is 6. The van der Waals surface area contributed by atoms with Gasteiger partial charge in [-0.25, -0.2) is 4.39 Å². The van der Waals surface area contributed by atoms with Crippen LogP contribution >= 0.6 is 11.3 Å². The van der Waals surface area contributed by atoms with Gasteiger partial charge in [-0.2, -0.15) is 5.10 Å². The minimum Gasteiger partial charge on any atom is -0.300 e. The van der Waals surface area contributed by atoms with Gasteiger partial charge in [0, 0.05) is 11.3 Å². The predicted octanol–water partition coefficient (Wildman–Crippen LogP) is 5.96. The third kappa shape index (κ3) is 4.41. The van der Waals surface area contributed by atoms with Gasteiger partial charge in [-0.05, 0) is 50.1 Å². The van der Waals surface area contributed by atoms with Crippen LogP contribution in [0.4, 0.5) is 9.52 Å². The van der Waals surface area contributed by atoms with Gasteiger partial charge in [0.1, 0.15) is 11.3 Å². The van der Waals surface area contributed by atoms with E-state index in [-0.39, 0.29) is 23.7 Å². The molecule has 0 bridgehead atoms. The van der Waals surface area contributed by atoms with Crippen molar-refractivity contribution in [3.8, 4) is 0 Å². The summed E-state index contributed by atoms with van der Waals surface area (Å²) in [5.41, 5.74) is 3.99. The largest absolute Gasteiger partial charge is 0.300 e. The Kier molecular flexibility index (Phi) is 6.06. The number of rotatable bonds is 6. The van der Waals surface area contributed by atoms with Crippen LogP contribution in [0.5, 0.6) is 0 Å². The Morgan fingerprint density at radius 3 is 2.84 bits per heavy atom. The Morgan fingerprint density at radius 2 is 2.19 bits per heavy atom. The lowest BCUT2D eigenvalue weighted by Crippen LogP contribution is -2.36. The van der Waals surface area contributed by atoms with Crippen LogP contribution in [0, 0.1) is 5.41 Å². The predicted molar refractivity (Wildman–Crippen MR) is 126 cm³/mol. The molecule has 0 saturated heterocycles. The molecule has 1 aliphatic rings. The topological polar surface area (TPSA) is 72.7 Å². The van der Waals surface area contributed by atoms with Crippen molar-refractivity contribution in [3.63, 3.8) is 0 Å². The first kappa shape index (κ1) is 22.1. The van der Waals surface area contributed by atoms with E-state index in [0.717, 1.165) is 22.0 Å². The van der Waals surface area contributed by atoms with E-state index in [4.69, 9.17) is 0 Å². The lowest BCUT2D eigenvalue weighted by atomic mass is 9.73. The van der Waals surface area contributed by atoms with Crippen LogP contribution < -0.4 is 5.32 Å². The molecule has 1 N–H and O–H groups in total. The van der Waals surface area contributed by atoms with Crippen molar-refractivity contribution in [2.24, 2.45) is 5.41 Å². The molecule has 166 valence electrons. The average molecular weight is 452 g/mol. The highest BCUT2D eigenvalue weighted by molar-refractivity contribution is 7.13. The molecule has 32 heavy (non-hydrogen) atoms. The summed E-state index contributed by atoms with van der Waals surface area (Å²) >= 11 is 1.29. The Bertz CT molecular complexity index is 1220. The Labute approximate surface area is 190 Å². The van der Waals surface area contributed by atoms with Crippen molar-refractivity contribution in [2.45, 2.75) is 46.1 Å². The summed E-state index contributed by atoms with van der Waals surface area (Å²) in [6.07, 6.45) is 9.43. The Morgan fingerprint density at radius 1 is 1.38 bits per heavy atom. The number of hydrogen-bond acceptors (Lipinski definition) is 5. The molecular formula is C24H26FN5OS. The van der Waals surface area contributed by atoms with Crippen LogP contribution in [0.2, 0.25) is 0 Å². The maximum Gasteiger partial charge on any atom is 0.232 e. The van der Waals surface area contributed by atoms with E-state index in [1.54, 1.807) is 11.6 Å². The number of carbonyl (C=O) groups is 1. The van der Waals surface area contributed by atoms with E-state index in [2.05, 4.69) is 32.8 Å². The van der Waals surface area contributed by atoms with E-state index >= 15 is 0 Å². The van der Waals surface area contributed by atoms with Crippen molar-refractivity contribution in [1.29, 1.82) is 0 Å². The summed E-state index contributed by atoms with van der Waals surface area (Å²) in [6.45, 7) is 7.94. The molecule has 2 heterocycles. The molecule has 6 nitrogen and oxygen atoms in total. The minimum atomic E-state index is -0.735. The fourth-order valence-corrected chi connectivity index (χ4v) is 4.42. The second-order valence-electron chi connectivity index (χ2n) is 8.80. The molecule has 2 atom stereocenters. The molecule has 0 fully saturated rings. The second kappa shape index (κ2) is 8.78. The molecule has 0 spiro atoms. The third-order valence-corrected chi connectivity index (χ3v) is 6.37. The first-order valence-corrected chi connectivity index (χ1v) is 11.4. The van der Waals surface area contributed by atoms with E-state index < -0.39 is 5.41 Å². The molecule has 2 unspecified atom stereocenters. The Balaban J connectivity index is 1.67. The number of aromatic nitrogens is 4. The molecule has 1 aromatic carbocycles. The van der Waals surface area contributed by atoms with Crippen molar-refractivity contribution >= 4 is 33.3 Å². The summed E-state index contributed by atoms with van der Waals surface area (Å²) in [4.78, 5) is 13.2. The zero-order chi connectivity index (χ0) is 22.9. The first-order valence-electron chi connectivity index (χ1n) is 10.5. The standard InChI is InChI=1S/C24H26FN5OS/c1-15(2)11-20(24(3,4)22(31)28-23-29-26-14-32-23)16-5-10-21-17(12-16)13-27-30(21)19-8-6-18(25)7-9-19/h5-8,10-14,19-20H,9H2,1-4H3,(H,28,29,31). The monoisotopic (exact) mass is 451 g/mol. The van der Waals surface area contributed by atoms with E-state index in [1.165, 1.54) is 17.4 Å². The van der Waals surface area contributed by atoms with Gasteiger partial charge < -0.3 is 5.32 Å². The molecule has 4 rings (SSSR count). The van der Waals surface area contributed by atoms with Crippen LogP contribution in [-0.2, 0) is 4.79 Å². The summed E-state index contributed by atoms with van der Waals surface area (Å²) in [5, 5.41) is 16.6. The van der Waals surface area contributed by atoms with E-state index in [1.807, 2.05) is 56.8 Å². The zero-order valence-electron chi connectivity index (χ0n) is 18.5. The van der Waals surface area contributed by atoms with E-state index in [9.17, 15) is 9.18 Å². The number of benzene rings is 1. The minimum absolute atomic E-state index is 0.0134. The average Bonchev–Trinajstić information content (AvgIpc) is 3.41. The molecule has 0 aliphatic heterocycles. The molecule has 0 radical (unpaired) electrons. The number of nitrogens with one attached hydrogen (secondary N) is 1. The number of hydrogen-bond donors (Lipinski definition) is 1. The van der Waals surface area contributed by atoms with Crippen molar-refractivity contribution < 1.29 is 9.18 Å². The number of fused-ring (bicyclic) bond motifs is 1. The van der Waals surface area contributed by atoms with Crippen molar-refractivity contribution in [2.75, 3.05) is 5.32 Å². The van der Waals surface area contributed by atoms with Gasteiger partial charge in [0.15, 0.2) is 0 Å². The lowest BCUT2D eigenvalue weighted by molar-refractivity contribution is -0.124.